The molecule has 3 rings (SSSR count). The number of aromatic nitrogens is 4. The fourth-order valence-corrected chi connectivity index (χ4v) is 1.94. The molecule has 0 saturated heterocycles. The molecule has 1 amide bonds. The Morgan fingerprint density at radius 3 is 2.67 bits per heavy atom. The number of nitrogens with one attached hydrogen (secondary N) is 1. The number of nitrogens with zero attached hydrogens (tertiary/aromatic N) is 4. The number of amides is 1. The van der Waals surface area contributed by atoms with Crippen LogP contribution in [0.2, 0.25) is 0 Å². The molecule has 2 heterocycles. The summed E-state index contributed by atoms with van der Waals surface area (Å²) in [6.45, 7) is 0.0807. The highest BCUT2D eigenvalue weighted by Gasteiger charge is 2.10. The molecule has 0 aliphatic carbocycles. The minimum atomic E-state index is -0.198. The summed E-state index contributed by atoms with van der Waals surface area (Å²) in [5.74, 6) is 0.0916. The predicted octanol–water partition coefficient (Wildman–Crippen LogP) is 0.629. The van der Waals surface area contributed by atoms with Crippen molar-refractivity contribution in [2.24, 2.45) is 0 Å². The fraction of sp³-hybridized carbons (Fsp3) is 0.0769. The molecule has 0 atom stereocenters. The molecule has 0 aliphatic rings. The van der Waals surface area contributed by atoms with Crippen LogP contribution in [-0.2, 0) is 11.3 Å². The van der Waals surface area contributed by atoms with E-state index in [0.717, 1.165) is 0 Å². The number of hydrogen-bond acceptors (Lipinski definition) is 6. The van der Waals surface area contributed by atoms with Crippen molar-refractivity contribution in [3.05, 3.63) is 36.9 Å². The van der Waals surface area contributed by atoms with Gasteiger partial charge in [0.2, 0.25) is 5.91 Å². The van der Waals surface area contributed by atoms with Crippen LogP contribution in [0.15, 0.2) is 36.9 Å². The number of carbonyl (C=O) groups excluding carboxylic acids is 1. The molecule has 2 aromatic heterocycles. The lowest BCUT2D eigenvalue weighted by Gasteiger charge is -2.06. The number of nitrogens with two attached hydrogens (primary N) is 2. The van der Waals surface area contributed by atoms with Crippen LogP contribution in [0.3, 0.4) is 0 Å². The van der Waals surface area contributed by atoms with E-state index in [1.807, 2.05) is 0 Å². The predicted molar refractivity (Wildman–Crippen MR) is 79.2 cm³/mol. The molecular weight excluding hydrogens is 270 g/mol. The van der Waals surface area contributed by atoms with Crippen LogP contribution in [-0.4, -0.2) is 25.4 Å². The Morgan fingerprint density at radius 1 is 1.14 bits per heavy atom. The van der Waals surface area contributed by atoms with E-state index in [9.17, 15) is 4.79 Å². The molecule has 8 nitrogen and oxygen atoms in total. The highest BCUT2D eigenvalue weighted by molar-refractivity contribution is 5.92. The summed E-state index contributed by atoms with van der Waals surface area (Å²) in [6, 6.07) is 6.91. The number of imidazole rings is 1. The summed E-state index contributed by atoms with van der Waals surface area (Å²) >= 11 is 0. The number of nitrogen functional groups attached to an aromatic ring is 2. The van der Waals surface area contributed by atoms with Gasteiger partial charge in [-0.2, -0.15) is 0 Å². The van der Waals surface area contributed by atoms with Gasteiger partial charge in [-0.05, 0) is 24.3 Å². The zero-order valence-corrected chi connectivity index (χ0v) is 11.0. The Bertz CT molecular complexity index is 794. The minimum absolute atomic E-state index is 0.0807. The second kappa shape index (κ2) is 5.08. The van der Waals surface area contributed by atoms with Crippen LogP contribution < -0.4 is 16.8 Å². The third-order valence-electron chi connectivity index (χ3n) is 2.94. The number of rotatable bonds is 3. The van der Waals surface area contributed by atoms with Gasteiger partial charge in [0.1, 0.15) is 18.4 Å². The molecule has 8 heteroatoms. The van der Waals surface area contributed by atoms with Gasteiger partial charge < -0.3 is 21.4 Å². The maximum Gasteiger partial charge on any atom is 0.244 e. The van der Waals surface area contributed by atoms with Crippen molar-refractivity contribution in [2.75, 3.05) is 16.8 Å². The minimum Gasteiger partial charge on any atom is -0.399 e. The van der Waals surface area contributed by atoms with Gasteiger partial charge in [0.25, 0.3) is 0 Å². The number of carbonyl (C=O) groups is 1. The topological polar surface area (TPSA) is 125 Å². The Balaban J connectivity index is 1.77. The molecule has 0 unspecified atom stereocenters. The Morgan fingerprint density at radius 2 is 1.90 bits per heavy atom. The maximum absolute atomic E-state index is 12.0. The SMILES string of the molecule is Nc1ccc(NC(=O)Cn2cnc3c(N)ncnc32)cc1. The van der Waals surface area contributed by atoms with Gasteiger partial charge in [0.05, 0.1) is 6.33 Å². The van der Waals surface area contributed by atoms with Crippen molar-refractivity contribution < 1.29 is 4.79 Å². The molecular formula is C13H13N7O. The van der Waals surface area contributed by atoms with Crippen molar-refractivity contribution in [1.82, 2.24) is 19.5 Å². The zero-order valence-electron chi connectivity index (χ0n) is 11.0. The number of benzene rings is 1. The van der Waals surface area contributed by atoms with E-state index in [-0.39, 0.29) is 18.3 Å². The van der Waals surface area contributed by atoms with Crippen LogP contribution in [0.1, 0.15) is 0 Å². The second-order valence-electron chi connectivity index (χ2n) is 4.47. The van der Waals surface area contributed by atoms with E-state index in [0.29, 0.717) is 22.5 Å². The molecule has 0 aliphatic heterocycles. The number of anilines is 3. The standard InChI is InChI=1S/C13H13N7O/c14-8-1-3-9(4-2-8)19-10(21)5-20-7-18-11-12(15)16-6-17-13(11)20/h1-4,6-7H,5,14H2,(H,19,21)(H2,15,16,17). The van der Waals surface area contributed by atoms with E-state index in [4.69, 9.17) is 11.5 Å². The summed E-state index contributed by atoms with van der Waals surface area (Å²) in [7, 11) is 0. The average Bonchev–Trinajstić information content (AvgIpc) is 2.86. The van der Waals surface area contributed by atoms with Crippen molar-refractivity contribution in [2.45, 2.75) is 6.54 Å². The van der Waals surface area contributed by atoms with E-state index >= 15 is 0 Å². The first-order valence-corrected chi connectivity index (χ1v) is 6.20. The van der Waals surface area contributed by atoms with Crippen molar-refractivity contribution in [1.29, 1.82) is 0 Å². The van der Waals surface area contributed by atoms with Crippen molar-refractivity contribution in [3.8, 4) is 0 Å². The maximum atomic E-state index is 12.0. The van der Waals surface area contributed by atoms with Crippen molar-refractivity contribution >= 4 is 34.3 Å². The fourth-order valence-electron chi connectivity index (χ4n) is 1.94. The zero-order chi connectivity index (χ0) is 14.8. The van der Waals surface area contributed by atoms with Crippen LogP contribution in [0.5, 0.6) is 0 Å². The molecule has 5 N–H and O–H groups in total. The Hall–Kier alpha value is -3.16. The van der Waals surface area contributed by atoms with Gasteiger partial charge in [-0.15, -0.1) is 0 Å². The molecule has 106 valence electrons. The third-order valence-corrected chi connectivity index (χ3v) is 2.94. The molecule has 21 heavy (non-hydrogen) atoms. The lowest BCUT2D eigenvalue weighted by atomic mass is 10.3. The summed E-state index contributed by atoms with van der Waals surface area (Å²) in [5.41, 5.74) is 13.6. The average molecular weight is 283 g/mol. The lowest BCUT2D eigenvalue weighted by Crippen LogP contribution is -2.18. The van der Waals surface area contributed by atoms with Crippen LogP contribution in [0, 0.1) is 0 Å². The number of hydrogen-bond donors (Lipinski definition) is 3. The first-order chi connectivity index (χ1) is 10.1. The van der Waals surface area contributed by atoms with E-state index in [2.05, 4.69) is 20.3 Å². The van der Waals surface area contributed by atoms with Gasteiger partial charge >= 0.3 is 0 Å². The van der Waals surface area contributed by atoms with Crippen LogP contribution in [0.4, 0.5) is 17.2 Å². The first-order valence-electron chi connectivity index (χ1n) is 6.20. The van der Waals surface area contributed by atoms with E-state index in [1.165, 1.54) is 12.7 Å². The highest BCUT2D eigenvalue weighted by Crippen LogP contribution is 2.15. The van der Waals surface area contributed by atoms with Gasteiger partial charge in [-0.1, -0.05) is 0 Å². The highest BCUT2D eigenvalue weighted by atomic mass is 16.1. The lowest BCUT2D eigenvalue weighted by molar-refractivity contribution is -0.116. The van der Waals surface area contributed by atoms with Gasteiger partial charge in [-0.3, -0.25) is 4.79 Å². The molecule has 3 aromatic rings. The van der Waals surface area contributed by atoms with Crippen LogP contribution in [0.25, 0.3) is 11.2 Å². The Labute approximate surface area is 119 Å². The quantitative estimate of drug-likeness (QED) is 0.605. The molecule has 0 radical (unpaired) electrons. The smallest absolute Gasteiger partial charge is 0.244 e. The van der Waals surface area contributed by atoms with Crippen molar-refractivity contribution in [3.63, 3.8) is 0 Å². The molecule has 0 fully saturated rings. The summed E-state index contributed by atoms with van der Waals surface area (Å²) in [6.07, 6.45) is 2.85. The normalized spacial score (nSPS) is 10.7. The summed E-state index contributed by atoms with van der Waals surface area (Å²) in [4.78, 5) is 24.1. The third kappa shape index (κ3) is 2.59. The van der Waals surface area contributed by atoms with E-state index in [1.54, 1.807) is 28.8 Å². The summed E-state index contributed by atoms with van der Waals surface area (Å²) < 4.78 is 1.61. The molecule has 1 aromatic carbocycles. The molecule has 0 saturated carbocycles. The van der Waals surface area contributed by atoms with E-state index < -0.39 is 0 Å². The Kier molecular flexibility index (Phi) is 3.11. The molecule has 0 bridgehead atoms. The van der Waals surface area contributed by atoms with Gasteiger partial charge in [-0.25, -0.2) is 15.0 Å². The van der Waals surface area contributed by atoms with Crippen LogP contribution >= 0.6 is 0 Å². The van der Waals surface area contributed by atoms with Gasteiger partial charge in [0, 0.05) is 11.4 Å². The molecule has 0 spiro atoms. The largest absolute Gasteiger partial charge is 0.399 e. The first kappa shape index (κ1) is 12.9. The van der Waals surface area contributed by atoms with Gasteiger partial charge in [0.15, 0.2) is 11.5 Å². The number of fused-ring (bicyclic) bond motifs is 1. The summed E-state index contributed by atoms with van der Waals surface area (Å²) in [5, 5.41) is 2.77. The monoisotopic (exact) mass is 283 g/mol. The second-order valence-corrected chi connectivity index (χ2v) is 4.47.